The highest BCUT2D eigenvalue weighted by Gasteiger charge is 2.28. The minimum Gasteiger partial charge on any atom is -0.476 e. The standard InChI is InChI=1S/C12H19N3O/c1-2-10-7-13-15-8-11(9-16-12(10)15)14-5-3-4-6-14/h7,11H,2-6,8-9H2,1H3. The summed E-state index contributed by atoms with van der Waals surface area (Å²) in [4.78, 5) is 2.54. The predicted molar refractivity (Wildman–Crippen MR) is 61.7 cm³/mol. The normalized spacial score (nSPS) is 25.4. The molecule has 1 aromatic rings. The highest BCUT2D eigenvalue weighted by molar-refractivity contribution is 5.25. The largest absolute Gasteiger partial charge is 0.476 e. The maximum atomic E-state index is 5.87. The van der Waals surface area contributed by atoms with Crippen LogP contribution in [0.3, 0.4) is 0 Å². The summed E-state index contributed by atoms with van der Waals surface area (Å²) in [6.07, 6.45) is 5.62. The molecular weight excluding hydrogens is 202 g/mol. The summed E-state index contributed by atoms with van der Waals surface area (Å²) in [5.41, 5.74) is 1.24. The first-order valence-corrected chi connectivity index (χ1v) is 6.30. The Labute approximate surface area is 96.2 Å². The van der Waals surface area contributed by atoms with E-state index < -0.39 is 0 Å². The van der Waals surface area contributed by atoms with Gasteiger partial charge >= 0.3 is 0 Å². The van der Waals surface area contributed by atoms with Crippen molar-refractivity contribution in [2.45, 2.75) is 38.8 Å². The van der Waals surface area contributed by atoms with Crippen molar-refractivity contribution in [1.82, 2.24) is 14.7 Å². The lowest BCUT2D eigenvalue weighted by Crippen LogP contribution is -2.43. The van der Waals surface area contributed by atoms with Crippen molar-refractivity contribution >= 4 is 0 Å². The number of rotatable bonds is 2. The zero-order valence-electron chi connectivity index (χ0n) is 9.85. The van der Waals surface area contributed by atoms with E-state index in [-0.39, 0.29) is 0 Å². The maximum Gasteiger partial charge on any atom is 0.215 e. The maximum absolute atomic E-state index is 5.87. The molecule has 0 aliphatic carbocycles. The van der Waals surface area contributed by atoms with Gasteiger partial charge in [-0.3, -0.25) is 4.90 Å². The molecule has 3 rings (SSSR count). The number of hydrogen-bond donors (Lipinski definition) is 0. The Balaban J connectivity index is 1.76. The molecule has 2 aliphatic heterocycles. The van der Waals surface area contributed by atoms with Crippen molar-refractivity contribution in [3.63, 3.8) is 0 Å². The molecule has 4 nitrogen and oxygen atoms in total. The van der Waals surface area contributed by atoms with Crippen molar-refractivity contribution in [2.75, 3.05) is 19.7 Å². The van der Waals surface area contributed by atoms with E-state index >= 15 is 0 Å². The quantitative estimate of drug-likeness (QED) is 0.754. The number of fused-ring (bicyclic) bond motifs is 1. The Morgan fingerprint density at radius 3 is 3.00 bits per heavy atom. The molecule has 2 aliphatic rings. The first-order chi connectivity index (χ1) is 7.88. The minimum absolute atomic E-state index is 0.527. The lowest BCUT2D eigenvalue weighted by atomic mass is 10.2. The van der Waals surface area contributed by atoms with Crippen LogP contribution < -0.4 is 4.74 Å². The van der Waals surface area contributed by atoms with E-state index in [1.54, 1.807) is 0 Å². The number of hydrogen-bond acceptors (Lipinski definition) is 3. The van der Waals surface area contributed by atoms with Crippen molar-refractivity contribution < 1.29 is 4.74 Å². The highest BCUT2D eigenvalue weighted by atomic mass is 16.5. The van der Waals surface area contributed by atoms with Crippen LogP contribution in [-0.2, 0) is 13.0 Å². The van der Waals surface area contributed by atoms with Gasteiger partial charge in [0.15, 0.2) is 0 Å². The molecule has 1 fully saturated rings. The molecule has 16 heavy (non-hydrogen) atoms. The average Bonchev–Trinajstić information content (AvgIpc) is 2.97. The van der Waals surface area contributed by atoms with Crippen LogP contribution in [-0.4, -0.2) is 40.4 Å². The van der Waals surface area contributed by atoms with E-state index in [1.807, 2.05) is 10.9 Å². The molecule has 1 aromatic heterocycles. The molecule has 0 saturated carbocycles. The second-order valence-corrected chi connectivity index (χ2v) is 4.72. The van der Waals surface area contributed by atoms with E-state index in [0.717, 1.165) is 25.5 Å². The molecule has 0 radical (unpaired) electrons. The van der Waals surface area contributed by atoms with E-state index in [2.05, 4.69) is 16.9 Å². The number of likely N-dealkylation sites (tertiary alicyclic amines) is 1. The first-order valence-electron chi connectivity index (χ1n) is 6.30. The average molecular weight is 221 g/mol. The summed E-state index contributed by atoms with van der Waals surface area (Å²) in [6.45, 7) is 6.43. The number of aryl methyl sites for hydroxylation is 1. The smallest absolute Gasteiger partial charge is 0.215 e. The molecule has 0 N–H and O–H groups in total. The van der Waals surface area contributed by atoms with Crippen LogP contribution in [0.4, 0.5) is 0 Å². The van der Waals surface area contributed by atoms with Gasteiger partial charge in [-0.15, -0.1) is 0 Å². The zero-order chi connectivity index (χ0) is 11.0. The van der Waals surface area contributed by atoms with E-state index in [0.29, 0.717) is 6.04 Å². The van der Waals surface area contributed by atoms with Crippen molar-refractivity contribution in [3.05, 3.63) is 11.8 Å². The summed E-state index contributed by atoms with van der Waals surface area (Å²) in [6, 6.07) is 0.527. The van der Waals surface area contributed by atoms with Gasteiger partial charge in [-0.05, 0) is 32.4 Å². The Hall–Kier alpha value is -1.03. The molecule has 0 spiro atoms. The lowest BCUT2D eigenvalue weighted by Gasteiger charge is -2.31. The third-order valence-electron chi connectivity index (χ3n) is 3.70. The lowest BCUT2D eigenvalue weighted by molar-refractivity contribution is 0.101. The Morgan fingerprint density at radius 1 is 1.44 bits per heavy atom. The summed E-state index contributed by atoms with van der Waals surface area (Å²) in [5, 5.41) is 4.41. The van der Waals surface area contributed by atoms with Crippen LogP contribution in [0.25, 0.3) is 0 Å². The van der Waals surface area contributed by atoms with Crippen molar-refractivity contribution in [1.29, 1.82) is 0 Å². The summed E-state index contributed by atoms with van der Waals surface area (Å²) >= 11 is 0. The third kappa shape index (κ3) is 1.61. The molecule has 3 heterocycles. The fourth-order valence-electron chi connectivity index (χ4n) is 2.71. The second-order valence-electron chi connectivity index (χ2n) is 4.72. The third-order valence-corrected chi connectivity index (χ3v) is 3.70. The predicted octanol–water partition coefficient (Wildman–Crippen LogP) is 1.30. The second kappa shape index (κ2) is 4.09. The zero-order valence-corrected chi connectivity index (χ0v) is 9.85. The monoisotopic (exact) mass is 221 g/mol. The Morgan fingerprint density at radius 2 is 2.25 bits per heavy atom. The Kier molecular flexibility index (Phi) is 2.59. The molecule has 0 aromatic carbocycles. The van der Waals surface area contributed by atoms with Gasteiger partial charge in [0, 0.05) is 5.56 Å². The van der Waals surface area contributed by atoms with Gasteiger partial charge in [-0.1, -0.05) is 6.92 Å². The minimum atomic E-state index is 0.527. The molecular formula is C12H19N3O. The van der Waals surface area contributed by atoms with Crippen LogP contribution in [0, 0.1) is 0 Å². The van der Waals surface area contributed by atoms with Gasteiger partial charge in [0.05, 0.1) is 18.8 Å². The molecule has 4 heteroatoms. The Bertz CT molecular complexity index is 368. The fraction of sp³-hybridized carbons (Fsp3) is 0.750. The molecule has 1 saturated heterocycles. The van der Waals surface area contributed by atoms with E-state index in [9.17, 15) is 0 Å². The molecule has 88 valence electrons. The summed E-state index contributed by atoms with van der Waals surface area (Å²) in [7, 11) is 0. The fourth-order valence-corrected chi connectivity index (χ4v) is 2.71. The van der Waals surface area contributed by atoms with Gasteiger partial charge < -0.3 is 4.74 Å². The SMILES string of the molecule is CCc1cnn2c1OCC(N1CCCC1)C2. The first kappa shape index (κ1) is 10.1. The van der Waals surface area contributed by atoms with E-state index in [1.165, 1.54) is 31.5 Å². The summed E-state index contributed by atoms with van der Waals surface area (Å²) < 4.78 is 7.90. The highest BCUT2D eigenvalue weighted by Crippen LogP contribution is 2.25. The molecule has 1 atom stereocenters. The topological polar surface area (TPSA) is 30.3 Å². The van der Waals surface area contributed by atoms with Gasteiger partial charge in [0.2, 0.25) is 5.88 Å². The van der Waals surface area contributed by atoms with Crippen molar-refractivity contribution in [3.8, 4) is 5.88 Å². The number of aromatic nitrogens is 2. The number of ether oxygens (including phenoxy) is 1. The summed E-state index contributed by atoms with van der Waals surface area (Å²) in [5.74, 6) is 0.998. The van der Waals surface area contributed by atoms with Gasteiger partial charge in [0.25, 0.3) is 0 Å². The molecule has 0 amide bonds. The van der Waals surface area contributed by atoms with Crippen LogP contribution >= 0.6 is 0 Å². The van der Waals surface area contributed by atoms with Crippen LogP contribution in [0.5, 0.6) is 5.88 Å². The molecule has 1 unspecified atom stereocenters. The number of nitrogens with zero attached hydrogens (tertiary/aromatic N) is 3. The van der Waals surface area contributed by atoms with Gasteiger partial charge in [-0.25, -0.2) is 4.68 Å². The van der Waals surface area contributed by atoms with Crippen LogP contribution in [0.15, 0.2) is 6.20 Å². The van der Waals surface area contributed by atoms with Gasteiger partial charge in [0.1, 0.15) is 6.61 Å². The molecule has 0 bridgehead atoms. The van der Waals surface area contributed by atoms with Crippen LogP contribution in [0.1, 0.15) is 25.3 Å². The van der Waals surface area contributed by atoms with E-state index in [4.69, 9.17) is 4.74 Å². The van der Waals surface area contributed by atoms with Gasteiger partial charge in [-0.2, -0.15) is 5.10 Å². The van der Waals surface area contributed by atoms with Crippen LogP contribution in [0.2, 0.25) is 0 Å². The van der Waals surface area contributed by atoms with Crippen molar-refractivity contribution in [2.24, 2.45) is 0 Å².